The smallest absolute Gasteiger partial charge is 0.330 e. The minimum Gasteiger partial charge on any atom is -0.383 e. The van der Waals surface area contributed by atoms with E-state index in [4.69, 9.17) is 5.73 Å². The van der Waals surface area contributed by atoms with Gasteiger partial charge in [0.2, 0.25) is 5.91 Å². The molecule has 1 aromatic carbocycles. The highest BCUT2D eigenvalue weighted by Gasteiger charge is 2.35. The van der Waals surface area contributed by atoms with Crippen LogP contribution in [0.2, 0.25) is 0 Å². The Hall–Kier alpha value is -2.91. The largest absolute Gasteiger partial charge is 0.383 e. The minimum atomic E-state index is -0.636. The third-order valence-electron chi connectivity index (χ3n) is 5.82. The fraction of sp³-hybridized carbons (Fsp3) is 0.522. The van der Waals surface area contributed by atoms with Gasteiger partial charge in [-0.05, 0) is 30.7 Å². The molecule has 9 heteroatoms. The monoisotopic (exact) mass is 442 g/mol. The number of nitrogens with one attached hydrogen (secondary N) is 3. The van der Waals surface area contributed by atoms with E-state index in [-0.39, 0.29) is 23.5 Å². The van der Waals surface area contributed by atoms with Crippen LogP contribution < -0.4 is 32.7 Å². The van der Waals surface area contributed by atoms with Gasteiger partial charge in [0.1, 0.15) is 11.9 Å². The number of aromatic amines is 1. The Balaban J connectivity index is 1.93. The number of aromatic nitrogens is 2. The molecule has 0 radical (unpaired) electrons. The van der Waals surface area contributed by atoms with Crippen LogP contribution in [0.1, 0.15) is 58.1 Å². The molecule has 2 unspecified atom stereocenters. The Morgan fingerprint density at radius 2 is 1.94 bits per heavy atom. The number of unbranched alkanes of at least 4 members (excludes halogenated alkanes) is 1. The maximum atomic E-state index is 13.6. The number of hydrogen-bond acceptors (Lipinski definition) is 6. The van der Waals surface area contributed by atoms with Crippen LogP contribution in [0.3, 0.4) is 0 Å². The summed E-state index contributed by atoms with van der Waals surface area (Å²) in [6, 6.07) is 9.34. The van der Waals surface area contributed by atoms with E-state index in [2.05, 4.69) is 29.7 Å². The molecule has 1 aliphatic heterocycles. The van der Waals surface area contributed by atoms with Gasteiger partial charge < -0.3 is 10.6 Å². The topological polar surface area (TPSA) is 125 Å². The van der Waals surface area contributed by atoms with Crippen molar-refractivity contribution in [3.05, 3.63) is 56.7 Å². The average molecular weight is 443 g/mol. The summed E-state index contributed by atoms with van der Waals surface area (Å²) in [7, 11) is 0. The van der Waals surface area contributed by atoms with E-state index < -0.39 is 17.3 Å². The van der Waals surface area contributed by atoms with E-state index in [1.807, 2.05) is 37.3 Å². The maximum absolute atomic E-state index is 13.6. The zero-order valence-electron chi connectivity index (χ0n) is 19.1. The number of hydrogen-bond donors (Lipinski definition) is 4. The first-order chi connectivity index (χ1) is 15.3. The number of nitrogens with two attached hydrogens (primary N) is 1. The van der Waals surface area contributed by atoms with Gasteiger partial charge >= 0.3 is 5.69 Å². The molecule has 174 valence electrons. The van der Waals surface area contributed by atoms with Crippen molar-refractivity contribution in [2.45, 2.75) is 65.1 Å². The van der Waals surface area contributed by atoms with E-state index in [0.29, 0.717) is 31.8 Å². The SMILES string of the molecule is CCCCn1c(N)c(N(CCC(C)C)C(=O)C2CC(c3ccccc3)NN2)c(=O)[nH]c1=O. The van der Waals surface area contributed by atoms with Crippen LogP contribution in [0.5, 0.6) is 0 Å². The van der Waals surface area contributed by atoms with Gasteiger partial charge in [0.25, 0.3) is 5.56 Å². The molecule has 0 bridgehead atoms. The lowest BCUT2D eigenvalue weighted by atomic mass is 10.0. The highest BCUT2D eigenvalue weighted by atomic mass is 16.2. The van der Waals surface area contributed by atoms with Crippen molar-refractivity contribution in [3.8, 4) is 0 Å². The second-order valence-electron chi connectivity index (χ2n) is 8.71. The molecule has 1 aromatic heterocycles. The second-order valence-corrected chi connectivity index (χ2v) is 8.71. The van der Waals surface area contributed by atoms with Crippen molar-refractivity contribution < 1.29 is 4.79 Å². The van der Waals surface area contributed by atoms with Gasteiger partial charge in [-0.1, -0.05) is 57.5 Å². The molecule has 5 N–H and O–H groups in total. The summed E-state index contributed by atoms with van der Waals surface area (Å²) in [5.41, 5.74) is 12.5. The maximum Gasteiger partial charge on any atom is 0.330 e. The Morgan fingerprint density at radius 1 is 1.22 bits per heavy atom. The Labute approximate surface area is 188 Å². The zero-order valence-corrected chi connectivity index (χ0v) is 19.1. The lowest BCUT2D eigenvalue weighted by Crippen LogP contribution is -2.49. The van der Waals surface area contributed by atoms with Gasteiger partial charge in [-0.2, -0.15) is 0 Å². The molecule has 2 heterocycles. The highest BCUT2D eigenvalue weighted by Crippen LogP contribution is 2.26. The van der Waals surface area contributed by atoms with Crippen LogP contribution in [-0.2, 0) is 11.3 Å². The van der Waals surface area contributed by atoms with Crippen LogP contribution >= 0.6 is 0 Å². The predicted molar refractivity (Wildman–Crippen MR) is 126 cm³/mol. The number of rotatable bonds is 9. The van der Waals surface area contributed by atoms with Gasteiger partial charge in [0, 0.05) is 19.1 Å². The quantitative estimate of drug-likeness (QED) is 0.470. The lowest BCUT2D eigenvalue weighted by Gasteiger charge is -2.27. The Bertz CT molecular complexity index is 1030. The number of hydrazine groups is 1. The Morgan fingerprint density at radius 3 is 2.59 bits per heavy atom. The van der Waals surface area contributed by atoms with Gasteiger partial charge in [-0.3, -0.25) is 19.1 Å². The van der Waals surface area contributed by atoms with Gasteiger partial charge in [-0.25, -0.2) is 15.6 Å². The summed E-state index contributed by atoms with van der Waals surface area (Å²) in [5, 5.41) is 0. The number of carbonyl (C=O) groups is 1. The molecule has 0 aliphatic carbocycles. The molecule has 1 saturated heterocycles. The van der Waals surface area contributed by atoms with E-state index in [1.165, 1.54) is 9.47 Å². The molecule has 1 aliphatic rings. The molecule has 1 amide bonds. The van der Waals surface area contributed by atoms with Crippen LogP contribution in [0, 0.1) is 5.92 Å². The van der Waals surface area contributed by atoms with E-state index in [9.17, 15) is 14.4 Å². The van der Waals surface area contributed by atoms with Crippen LogP contribution in [0.25, 0.3) is 0 Å². The van der Waals surface area contributed by atoms with Gasteiger partial charge in [0.15, 0.2) is 5.69 Å². The van der Waals surface area contributed by atoms with Crippen molar-refractivity contribution >= 4 is 17.4 Å². The molecule has 0 spiro atoms. The summed E-state index contributed by atoms with van der Waals surface area (Å²) in [6.45, 7) is 6.84. The van der Waals surface area contributed by atoms with E-state index >= 15 is 0 Å². The number of H-pyrrole nitrogens is 1. The van der Waals surface area contributed by atoms with Crippen molar-refractivity contribution in [1.82, 2.24) is 20.4 Å². The number of carbonyl (C=O) groups excluding carboxylic acids is 1. The molecule has 2 aromatic rings. The predicted octanol–water partition coefficient (Wildman–Crippen LogP) is 1.91. The summed E-state index contributed by atoms with van der Waals surface area (Å²) >= 11 is 0. The third kappa shape index (κ3) is 5.28. The first-order valence-corrected chi connectivity index (χ1v) is 11.3. The number of anilines is 2. The lowest BCUT2D eigenvalue weighted by molar-refractivity contribution is -0.120. The summed E-state index contributed by atoms with van der Waals surface area (Å²) < 4.78 is 1.35. The number of benzene rings is 1. The molecule has 2 atom stereocenters. The summed E-state index contributed by atoms with van der Waals surface area (Å²) in [5.74, 6) is 0.118. The second kappa shape index (κ2) is 10.6. The number of amides is 1. The van der Waals surface area contributed by atoms with Gasteiger partial charge in [0.05, 0.1) is 0 Å². The van der Waals surface area contributed by atoms with Crippen LogP contribution in [-0.4, -0.2) is 28.0 Å². The molecule has 9 nitrogen and oxygen atoms in total. The third-order valence-corrected chi connectivity index (χ3v) is 5.82. The van der Waals surface area contributed by atoms with Crippen LogP contribution in [0.15, 0.2) is 39.9 Å². The summed E-state index contributed by atoms with van der Waals surface area (Å²) in [6.07, 6.45) is 2.84. The van der Waals surface area contributed by atoms with E-state index in [0.717, 1.165) is 18.4 Å². The average Bonchev–Trinajstić information content (AvgIpc) is 3.26. The fourth-order valence-corrected chi connectivity index (χ4v) is 3.91. The van der Waals surface area contributed by atoms with Crippen molar-refractivity contribution in [3.63, 3.8) is 0 Å². The molecule has 1 fully saturated rings. The molecule has 0 saturated carbocycles. The minimum absolute atomic E-state index is 0.0220. The standard InChI is InChI=1S/C23H34N6O3/c1-4-5-12-29-20(24)19(21(30)25-23(29)32)28(13-11-15(2)3)22(31)18-14-17(26-27-18)16-9-7-6-8-10-16/h6-10,15,17-18,26-27H,4-5,11-14,24H2,1-3H3,(H,25,30,32). The first kappa shape index (κ1) is 23.7. The molecular weight excluding hydrogens is 408 g/mol. The summed E-state index contributed by atoms with van der Waals surface area (Å²) in [4.78, 5) is 42.5. The normalized spacial score (nSPS) is 18.2. The zero-order chi connectivity index (χ0) is 23.3. The molecular formula is C23H34N6O3. The Kier molecular flexibility index (Phi) is 7.87. The van der Waals surface area contributed by atoms with Crippen molar-refractivity contribution in [2.24, 2.45) is 5.92 Å². The van der Waals surface area contributed by atoms with Crippen molar-refractivity contribution in [1.29, 1.82) is 0 Å². The molecule has 32 heavy (non-hydrogen) atoms. The van der Waals surface area contributed by atoms with E-state index in [1.54, 1.807) is 0 Å². The molecule has 3 rings (SSSR count). The number of nitrogen functional groups attached to an aromatic ring is 1. The fourth-order valence-electron chi connectivity index (χ4n) is 3.91. The number of nitrogens with zero attached hydrogens (tertiary/aromatic N) is 2. The highest BCUT2D eigenvalue weighted by molar-refractivity contribution is 5.99. The van der Waals surface area contributed by atoms with Crippen LogP contribution in [0.4, 0.5) is 11.5 Å². The first-order valence-electron chi connectivity index (χ1n) is 11.3. The van der Waals surface area contributed by atoms with Crippen molar-refractivity contribution in [2.75, 3.05) is 17.2 Å². The van der Waals surface area contributed by atoms with Gasteiger partial charge in [-0.15, -0.1) is 0 Å².